The van der Waals surface area contributed by atoms with Crippen molar-refractivity contribution >= 4 is 63.4 Å². The number of para-hydroxylation sites is 2. The molecular formula is C36H38N4O4S4. The molecule has 4 N–H and O–H groups in total. The summed E-state index contributed by atoms with van der Waals surface area (Å²) in [6.45, 7) is 3.84. The van der Waals surface area contributed by atoms with E-state index < -0.39 is 32.1 Å². The van der Waals surface area contributed by atoms with Crippen molar-refractivity contribution in [2.75, 3.05) is 11.5 Å². The van der Waals surface area contributed by atoms with E-state index in [0.717, 1.165) is 44.3 Å². The van der Waals surface area contributed by atoms with Crippen LogP contribution in [0.4, 0.5) is 0 Å². The normalized spacial score (nSPS) is 13.6. The molecule has 0 radical (unpaired) electrons. The average Bonchev–Trinajstić information content (AvgIpc) is 3.66. The Balaban J connectivity index is 1.17. The quantitative estimate of drug-likeness (QED) is 0.0662. The van der Waals surface area contributed by atoms with E-state index in [1.165, 1.54) is 21.6 Å². The number of H-pyrrole nitrogens is 2. The Labute approximate surface area is 290 Å². The van der Waals surface area contributed by atoms with Gasteiger partial charge in [0.15, 0.2) is 0 Å². The first kappa shape index (κ1) is 34.3. The van der Waals surface area contributed by atoms with E-state index in [1.807, 2.05) is 62.4 Å². The van der Waals surface area contributed by atoms with E-state index >= 15 is 0 Å². The number of hydrogen-bond acceptors (Lipinski definition) is 6. The predicted molar refractivity (Wildman–Crippen MR) is 199 cm³/mol. The number of rotatable bonds is 15. The Kier molecular flexibility index (Phi) is 10.7. The molecule has 6 rings (SSSR count). The second-order valence-electron chi connectivity index (χ2n) is 12.0. The SMILES string of the molecule is Cc1ccc(S(=O)(=O)N[C@H](CSSC[C@H](Cc2cc3ccccc3[nH]2)NS(=O)(=O)c2ccc(C)cc2)Cc2cc3ccccc3[nH]2)cc1. The molecule has 250 valence electrons. The lowest BCUT2D eigenvalue weighted by Crippen LogP contribution is -2.39. The van der Waals surface area contributed by atoms with Crippen LogP contribution in [0.3, 0.4) is 0 Å². The van der Waals surface area contributed by atoms with Crippen molar-refractivity contribution in [1.29, 1.82) is 0 Å². The summed E-state index contributed by atoms with van der Waals surface area (Å²) in [5, 5.41) is 2.13. The van der Waals surface area contributed by atoms with Gasteiger partial charge < -0.3 is 9.97 Å². The lowest BCUT2D eigenvalue weighted by molar-refractivity contribution is 0.558. The molecule has 12 heteroatoms. The van der Waals surface area contributed by atoms with Crippen LogP contribution in [0.2, 0.25) is 0 Å². The topological polar surface area (TPSA) is 124 Å². The molecule has 0 saturated heterocycles. The van der Waals surface area contributed by atoms with Gasteiger partial charge in [-0.3, -0.25) is 0 Å². The number of sulfonamides is 2. The van der Waals surface area contributed by atoms with Crippen LogP contribution >= 0.6 is 21.6 Å². The number of fused-ring (bicyclic) bond motifs is 2. The molecule has 0 bridgehead atoms. The van der Waals surface area contributed by atoms with Gasteiger partial charge in [-0.25, -0.2) is 26.3 Å². The third-order valence-corrected chi connectivity index (χ3v) is 13.7. The minimum atomic E-state index is -3.77. The average molecular weight is 719 g/mol. The standard InChI is InChI=1S/C36H38N4O4S4/c1-25-11-15-33(16-12-25)47(41,42)39-31(21-29-19-27-7-3-5-9-35(27)37-29)23-45-46-24-32(22-30-20-28-8-4-6-10-36(28)38-30)40-48(43,44)34-17-13-26(2)14-18-34/h3-20,31-32,37-40H,21-24H2,1-2H3/t31-,32-/m0/s1. The van der Waals surface area contributed by atoms with Gasteiger partial charge >= 0.3 is 0 Å². The van der Waals surface area contributed by atoms with Gasteiger partial charge in [0.25, 0.3) is 0 Å². The lowest BCUT2D eigenvalue weighted by Gasteiger charge is -2.20. The molecule has 0 aliphatic heterocycles. The zero-order valence-corrected chi connectivity index (χ0v) is 29.9. The summed E-state index contributed by atoms with van der Waals surface area (Å²) < 4.78 is 59.6. The van der Waals surface area contributed by atoms with Crippen LogP contribution in [0.25, 0.3) is 21.8 Å². The van der Waals surface area contributed by atoms with Gasteiger partial charge in [-0.2, -0.15) is 0 Å². The smallest absolute Gasteiger partial charge is 0.240 e. The molecule has 2 aromatic heterocycles. The van der Waals surface area contributed by atoms with Gasteiger partial charge in [-0.15, -0.1) is 0 Å². The summed E-state index contributed by atoms with van der Waals surface area (Å²) in [6, 6.07) is 32.8. The number of benzene rings is 4. The van der Waals surface area contributed by atoms with Crippen molar-refractivity contribution in [2.24, 2.45) is 0 Å². The molecule has 0 fully saturated rings. The summed E-state index contributed by atoms with van der Waals surface area (Å²) in [6.07, 6.45) is 0.928. The van der Waals surface area contributed by atoms with Crippen LogP contribution < -0.4 is 9.44 Å². The van der Waals surface area contributed by atoms with Gasteiger partial charge in [0.1, 0.15) is 0 Å². The molecule has 2 heterocycles. The highest BCUT2D eigenvalue weighted by molar-refractivity contribution is 8.76. The van der Waals surface area contributed by atoms with E-state index in [1.54, 1.807) is 48.5 Å². The highest BCUT2D eigenvalue weighted by Crippen LogP contribution is 2.27. The predicted octanol–water partition coefficient (Wildman–Crippen LogP) is 7.13. The van der Waals surface area contributed by atoms with E-state index in [4.69, 9.17) is 0 Å². The third kappa shape index (κ3) is 8.73. The van der Waals surface area contributed by atoms with Crippen LogP contribution in [0, 0.1) is 13.8 Å². The molecule has 0 saturated carbocycles. The van der Waals surface area contributed by atoms with Crippen LogP contribution in [-0.2, 0) is 32.9 Å². The molecule has 8 nitrogen and oxygen atoms in total. The summed E-state index contributed by atoms with van der Waals surface area (Å²) in [4.78, 5) is 7.28. The fraction of sp³-hybridized carbons (Fsp3) is 0.222. The van der Waals surface area contributed by atoms with Crippen LogP contribution in [0.5, 0.6) is 0 Å². The number of hydrogen-bond donors (Lipinski definition) is 4. The molecule has 6 aromatic rings. The van der Waals surface area contributed by atoms with E-state index in [0.29, 0.717) is 24.3 Å². The van der Waals surface area contributed by atoms with Crippen molar-refractivity contribution in [3.8, 4) is 0 Å². The van der Waals surface area contributed by atoms with Crippen LogP contribution in [-0.4, -0.2) is 50.4 Å². The second kappa shape index (κ2) is 14.9. The van der Waals surface area contributed by atoms with Crippen molar-refractivity contribution in [3.63, 3.8) is 0 Å². The highest BCUT2D eigenvalue weighted by Gasteiger charge is 2.24. The molecule has 0 amide bonds. The molecule has 4 aromatic carbocycles. The minimum absolute atomic E-state index is 0.219. The van der Waals surface area contributed by atoms with Crippen molar-refractivity contribution in [2.45, 2.75) is 48.6 Å². The molecule has 0 spiro atoms. The number of nitrogens with one attached hydrogen (secondary N) is 4. The first-order valence-corrected chi connectivity index (χ1v) is 21.1. The van der Waals surface area contributed by atoms with Gasteiger partial charge in [0, 0.05) is 58.9 Å². The van der Waals surface area contributed by atoms with E-state index in [9.17, 15) is 16.8 Å². The molecule has 0 unspecified atom stereocenters. The Bertz CT molecular complexity index is 1990. The molecular weight excluding hydrogens is 681 g/mol. The highest BCUT2D eigenvalue weighted by atomic mass is 33.1. The van der Waals surface area contributed by atoms with Gasteiger partial charge in [0.2, 0.25) is 20.0 Å². The molecule has 0 aliphatic rings. The number of aryl methyl sites for hydroxylation is 2. The fourth-order valence-corrected chi connectivity index (χ4v) is 10.7. The first-order chi connectivity index (χ1) is 23.0. The minimum Gasteiger partial charge on any atom is -0.358 e. The third-order valence-electron chi connectivity index (χ3n) is 8.03. The Morgan fingerprint density at radius 2 is 0.938 bits per heavy atom. The zero-order chi connectivity index (χ0) is 33.7. The number of aromatic nitrogens is 2. The molecule has 48 heavy (non-hydrogen) atoms. The van der Waals surface area contributed by atoms with Gasteiger partial charge in [-0.1, -0.05) is 93.4 Å². The maximum Gasteiger partial charge on any atom is 0.240 e. The summed E-state index contributed by atoms with van der Waals surface area (Å²) >= 11 is 0. The second-order valence-corrected chi connectivity index (χ2v) is 18.0. The van der Waals surface area contributed by atoms with Crippen LogP contribution in [0.1, 0.15) is 22.5 Å². The molecule has 0 aliphatic carbocycles. The van der Waals surface area contributed by atoms with E-state index in [2.05, 4.69) is 31.5 Å². The number of aromatic amines is 2. The monoisotopic (exact) mass is 718 g/mol. The largest absolute Gasteiger partial charge is 0.358 e. The Hall–Kier alpha value is -3.52. The Morgan fingerprint density at radius 1 is 0.562 bits per heavy atom. The fourth-order valence-electron chi connectivity index (χ4n) is 5.56. The van der Waals surface area contributed by atoms with Crippen LogP contribution in [0.15, 0.2) is 119 Å². The maximum atomic E-state index is 13.4. The zero-order valence-electron chi connectivity index (χ0n) is 26.6. The maximum absolute atomic E-state index is 13.4. The Morgan fingerprint density at radius 3 is 1.31 bits per heavy atom. The summed E-state index contributed by atoms with van der Waals surface area (Å²) in [7, 11) is -4.50. The lowest BCUT2D eigenvalue weighted by atomic mass is 10.2. The van der Waals surface area contributed by atoms with Gasteiger partial charge in [-0.05, 0) is 73.2 Å². The first-order valence-electron chi connectivity index (χ1n) is 15.6. The van der Waals surface area contributed by atoms with Crippen molar-refractivity contribution in [3.05, 3.63) is 132 Å². The van der Waals surface area contributed by atoms with E-state index in [-0.39, 0.29) is 9.79 Å². The summed E-state index contributed by atoms with van der Waals surface area (Å²) in [5.41, 5.74) is 5.82. The van der Waals surface area contributed by atoms with Crippen molar-refractivity contribution in [1.82, 2.24) is 19.4 Å². The van der Waals surface area contributed by atoms with Crippen molar-refractivity contribution < 1.29 is 16.8 Å². The summed E-state index contributed by atoms with van der Waals surface area (Å²) in [5.74, 6) is 0.934. The molecule has 2 atom stereocenters. The van der Waals surface area contributed by atoms with Gasteiger partial charge in [0.05, 0.1) is 9.79 Å².